The molecule has 1 aliphatic rings. The van der Waals surface area contributed by atoms with Crippen molar-refractivity contribution in [2.75, 3.05) is 0 Å². The van der Waals surface area contributed by atoms with Gasteiger partial charge in [-0.25, -0.2) is 0 Å². The van der Waals surface area contributed by atoms with E-state index < -0.39 is 0 Å². The topological polar surface area (TPSA) is 39.2 Å². The second-order valence-electron chi connectivity index (χ2n) is 2.94. The Labute approximate surface area is 70.3 Å². The predicted molar refractivity (Wildman–Crippen MR) is 43.6 cm³/mol. The molecule has 1 aliphatic carbocycles. The first kappa shape index (κ1) is 7.19. The molecule has 1 aromatic rings. The van der Waals surface area contributed by atoms with Crippen LogP contribution >= 0.6 is 11.6 Å². The molecule has 0 amide bonds. The van der Waals surface area contributed by atoms with Crippen LogP contribution in [0.2, 0.25) is 5.22 Å². The molecule has 2 rings (SSSR count). The number of furan rings is 1. The van der Waals surface area contributed by atoms with E-state index in [0.29, 0.717) is 5.22 Å². The molecule has 1 unspecified atom stereocenters. The SMILES string of the molecule is NC1CCCc2cc(Cl)oc21. The Bertz CT molecular complexity index is 269. The zero-order valence-electron chi connectivity index (χ0n) is 6.14. The fourth-order valence-corrected chi connectivity index (χ4v) is 1.78. The summed E-state index contributed by atoms with van der Waals surface area (Å²) in [4.78, 5) is 0. The lowest BCUT2D eigenvalue weighted by atomic mass is 9.95. The van der Waals surface area contributed by atoms with E-state index in [1.54, 1.807) is 0 Å². The van der Waals surface area contributed by atoms with Crippen LogP contribution in [0, 0.1) is 0 Å². The average Bonchev–Trinajstić information content (AvgIpc) is 2.31. The van der Waals surface area contributed by atoms with Crippen LogP contribution in [0.1, 0.15) is 30.2 Å². The van der Waals surface area contributed by atoms with E-state index in [1.165, 1.54) is 5.56 Å². The van der Waals surface area contributed by atoms with Crippen molar-refractivity contribution >= 4 is 11.6 Å². The van der Waals surface area contributed by atoms with Crippen LogP contribution in [0.4, 0.5) is 0 Å². The van der Waals surface area contributed by atoms with Crippen molar-refractivity contribution in [3.05, 3.63) is 22.6 Å². The number of halogens is 1. The molecule has 1 atom stereocenters. The molecule has 0 spiro atoms. The minimum atomic E-state index is 0.0613. The lowest BCUT2D eigenvalue weighted by Crippen LogP contribution is -2.15. The van der Waals surface area contributed by atoms with Gasteiger partial charge in [-0.15, -0.1) is 0 Å². The number of hydrogen-bond donors (Lipinski definition) is 1. The maximum Gasteiger partial charge on any atom is 0.193 e. The van der Waals surface area contributed by atoms with Gasteiger partial charge in [0.1, 0.15) is 5.76 Å². The van der Waals surface area contributed by atoms with Crippen LogP contribution in [0.3, 0.4) is 0 Å². The molecule has 60 valence electrons. The average molecular weight is 172 g/mol. The van der Waals surface area contributed by atoms with Gasteiger partial charge in [-0.1, -0.05) is 0 Å². The molecule has 0 fully saturated rings. The van der Waals surface area contributed by atoms with E-state index in [9.17, 15) is 0 Å². The summed E-state index contributed by atoms with van der Waals surface area (Å²) < 4.78 is 5.26. The number of rotatable bonds is 0. The van der Waals surface area contributed by atoms with Gasteiger partial charge in [-0.2, -0.15) is 0 Å². The fraction of sp³-hybridized carbons (Fsp3) is 0.500. The first-order chi connectivity index (χ1) is 5.27. The summed E-state index contributed by atoms with van der Waals surface area (Å²) in [5, 5.41) is 0.465. The van der Waals surface area contributed by atoms with Crippen LogP contribution < -0.4 is 5.73 Å². The van der Waals surface area contributed by atoms with Crippen LogP contribution in [-0.4, -0.2) is 0 Å². The predicted octanol–water partition coefficient (Wildman–Crippen LogP) is 2.27. The molecule has 2 N–H and O–H groups in total. The number of nitrogens with two attached hydrogens (primary N) is 1. The van der Waals surface area contributed by atoms with Crippen molar-refractivity contribution < 1.29 is 4.42 Å². The normalized spacial score (nSPS) is 23.3. The van der Waals surface area contributed by atoms with Gasteiger partial charge in [0.2, 0.25) is 0 Å². The molecular formula is C8H10ClNO. The second-order valence-corrected chi connectivity index (χ2v) is 3.31. The lowest BCUT2D eigenvalue weighted by Gasteiger charge is -2.15. The molecule has 0 aromatic carbocycles. The van der Waals surface area contributed by atoms with Crippen LogP contribution in [0.5, 0.6) is 0 Å². The Balaban J connectivity index is 2.43. The van der Waals surface area contributed by atoms with E-state index in [2.05, 4.69) is 0 Å². The standard InChI is InChI=1S/C8H10ClNO/c9-7-4-5-2-1-3-6(10)8(5)11-7/h4,6H,1-3,10H2. The van der Waals surface area contributed by atoms with Gasteiger partial charge < -0.3 is 10.2 Å². The van der Waals surface area contributed by atoms with Crippen LogP contribution in [-0.2, 0) is 6.42 Å². The number of aryl methyl sites for hydroxylation is 1. The van der Waals surface area contributed by atoms with Gasteiger partial charge in [0, 0.05) is 0 Å². The Morgan fingerprint density at radius 1 is 1.64 bits per heavy atom. The zero-order chi connectivity index (χ0) is 7.84. The maximum absolute atomic E-state index is 5.81. The number of fused-ring (bicyclic) bond motifs is 1. The van der Waals surface area contributed by atoms with Crippen molar-refractivity contribution in [1.29, 1.82) is 0 Å². The van der Waals surface area contributed by atoms with E-state index >= 15 is 0 Å². The Morgan fingerprint density at radius 3 is 3.18 bits per heavy atom. The number of hydrogen-bond acceptors (Lipinski definition) is 2. The summed E-state index contributed by atoms with van der Waals surface area (Å²) in [5.41, 5.74) is 7.00. The molecule has 3 heteroatoms. The molecule has 0 aliphatic heterocycles. The Kier molecular flexibility index (Phi) is 1.66. The quantitative estimate of drug-likeness (QED) is 0.651. The molecule has 0 bridgehead atoms. The minimum Gasteiger partial charge on any atom is -0.448 e. The fourth-order valence-electron chi connectivity index (χ4n) is 1.56. The van der Waals surface area contributed by atoms with Crippen molar-refractivity contribution in [2.45, 2.75) is 25.3 Å². The minimum absolute atomic E-state index is 0.0613. The second kappa shape index (κ2) is 2.54. The highest BCUT2D eigenvalue weighted by Gasteiger charge is 2.21. The molecule has 0 saturated carbocycles. The van der Waals surface area contributed by atoms with E-state index in [-0.39, 0.29) is 6.04 Å². The third-order valence-electron chi connectivity index (χ3n) is 2.11. The van der Waals surface area contributed by atoms with Crippen LogP contribution in [0.15, 0.2) is 10.5 Å². The van der Waals surface area contributed by atoms with Crippen molar-refractivity contribution in [1.82, 2.24) is 0 Å². The molecule has 0 saturated heterocycles. The summed E-state index contributed by atoms with van der Waals surface area (Å²) in [6, 6.07) is 1.93. The molecule has 2 nitrogen and oxygen atoms in total. The summed E-state index contributed by atoms with van der Waals surface area (Å²) in [6.45, 7) is 0. The highest BCUT2D eigenvalue weighted by atomic mass is 35.5. The molecule has 1 heterocycles. The maximum atomic E-state index is 5.81. The van der Waals surface area contributed by atoms with Crippen molar-refractivity contribution in [3.63, 3.8) is 0 Å². The lowest BCUT2D eigenvalue weighted by molar-refractivity contribution is 0.424. The van der Waals surface area contributed by atoms with Gasteiger partial charge in [-0.3, -0.25) is 0 Å². The Morgan fingerprint density at radius 2 is 2.45 bits per heavy atom. The molecule has 11 heavy (non-hydrogen) atoms. The first-order valence-corrected chi connectivity index (χ1v) is 4.19. The molecular weight excluding hydrogens is 162 g/mol. The summed E-state index contributed by atoms with van der Waals surface area (Å²) in [6.07, 6.45) is 3.21. The van der Waals surface area contributed by atoms with E-state index in [4.69, 9.17) is 21.8 Å². The van der Waals surface area contributed by atoms with Gasteiger partial charge in [0.05, 0.1) is 6.04 Å². The summed E-state index contributed by atoms with van der Waals surface area (Å²) >= 11 is 5.69. The van der Waals surface area contributed by atoms with E-state index in [1.807, 2.05) is 6.07 Å². The summed E-state index contributed by atoms with van der Waals surface area (Å²) in [5.74, 6) is 0.890. The zero-order valence-corrected chi connectivity index (χ0v) is 6.90. The smallest absolute Gasteiger partial charge is 0.193 e. The molecule has 0 radical (unpaired) electrons. The molecule has 1 aromatic heterocycles. The van der Waals surface area contributed by atoms with Gasteiger partial charge in [-0.05, 0) is 42.5 Å². The third kappa shape index (κ3) is 1.17. The Hall–Kier alpha value is -0.470. The third-order valence-corrected chi connectivity index (χ3v) is 2.30. The van der Waals surface area contributed by atoms with E-state index in [0.717, 1.165) is 25.0 Å². The highest BCUT2D eigenvalue weighted by Crippen LogP contribution is 2.32. The largest absolute Gasteiger partial charge is 0.448 e. The van der Waals surface area contributed by atoms with Crippen molar-refractivity contribution in [3.8, 4) is 0 Å². The van der Waals surface area contributed by atoms with Crippen molar-refractivity contribution in [2.24, 2.45) is 5.73 Å². The monoisotopic (exact) mass is 171 g/mol. The van der Waals surface area contributed by atoms with Gasteiger partial charge >= 0.3 is 0 Å². The van der Waals surface area contributed by atoms with Crippen LogP contribution in [0.25, 0.3) is 0 Å². The van der Waals surface area contributed by atoms with Gasteiger partial charge in [0.25, 0.3) is 0 Å². The first-order valence-electron chi connectivity index (χ1n) is 3.81. The summed E-state index contributed by atoms with van der Waals surface area (Å²) in [7, 11) is 0. The highest BCUT2D eigenvalue weighted by molar-refractivity contribution is 6.28. The van der Waals surface area contributed by atoms with Gasteiger partial charge in [0.15, 0.2) is 5.22 Å².